The number of carbonyl (C=O) groups is 1. The largest absolute Gasteiger partial charge is 0.350 e. The van der Waals surface area contributed by atoms with E-state index in [1.807, 2.05) is 60.8 Å². The first kappa shape index (κ1) is 23.4. The Balaban J connectivity index is 1.70. The number of sulfonamides is 1. The molecule has 0 bridgehead atoms. The van der Waals surface area contributed by atoms with Crippen molar-refractivity contribution in [2.24, 2.45) is 0 Å². The van der Waals surface area contributed by atoms with Gasteiger partial charge in [-0.3, -0.25) is 4.79 Å². The first-order valence-electron chi connectivity index (χ1n) is 9.59. The Labute approximate surface area is 191 Å². The standard InChI is InChI=1S/C22H24ClN3O3S2/c1-26(2)21(19-10-3-4-11-20(19)23)15-24-22(27)16-7-5-9-18(13-16)31(28,29)25-14-17-8-6-12-30-17/h3-13,21,25H,14-15H2,1-2H3,(H,24,27). The van der Waals surface area contributed by atoms with Gasteiger partial charge in [-0.25, -0.2) is 13.1 Å². The summed E-state index contributed by atoms with van der Waals surface area (Å²) in [4.78, 5) is 15.7. The summed E-state index contributed by atoms with van der Waals surface area (Å²) >= 11 is 7.79. The van der Waals surface area contributed by atoms with Crippen LogP contribution in [0.3, 0.4) is 0 Å². The summed E-state index contributed by atoms with van der Waals surface area (Å²) in [7, 11) is 0.0840. The molecule has 9 heteroatoms. The quantitative estimate of drug-likeness (QED) is 0.489. The third-order valence-corrected chi connectivity index (χ3v) is 7.39. The van der Waals surface area contributed by atoms with Gasteiger partial charge in [-0.15, -0.1) is 11.3 Å². The lowest BCUT2D eigenvalue weighted by Crippen LogP contribution is -2.34. The highest BCUT2D eigenvalue weighted by atomic mass is 35.5. The molecule has 0 spiro atoms. The number of carbonyl (C=O) groups excluding carboxylic acids is 1. The third kappa shape index (κ3) is 6.15. The highest BCUT2D eigenvalue weighted by Crippen LogP contribution is 2.25. The maximum Gasteiger partial charge on any atom is 0.251 e. The monoisotopic (exact) mass is 477 g/mol. The van der Waals surface area contributed by atoms with Gasteiger partial charge in [-0.2, -0.15) is 0 Å². The van der Waals surface area contributed by atoms with Crippen molar-refractivity contribution in [1.29, 1.82) is 0 Å². The second-order valence-corrected chi connectivity index (χ2v) is 10.3. The van der Waals surface area contributed by atoms with Crippen molar-refractivity contribution in [3.8, 4) is 0 Å². The molecular weight excluding hydrogens is 454 g/mol. The summed E-state index contributed by atoms with van der Waals surface area (Å²) in [5.41, 5.74) is 1.18. The third-order valence-electron chi connectivity index (χ3n) is 4.77. The number of likely N-dealkylation sites (N-methyl/N-ethyl adjacent to an activating group) is 1. The molecule has 2 aromatic carbocycles. The molecule has 0 saturated carbocycles. The van der Waals surface area contributed by atoms with Gasteiger partial charge in [0.2, 0.25) is 10.0 Å². The van der Waals surface area contributed by atoms with E-state index >= 15 is 0 Å². The Hall–Kier alpha value is -2.23. The molecule has 0 fully saturated rings. The Morgan fingerprint density at radius 3 is 2.55 bits per heavy atom. The van der Waals surface area contributed by atoms with Crippen LogP contribution in [0.1, 0.15) is 26.8 Å². The molecule has 164 valence electrons. The van der Waals surface area contributed by atoms with Crippen molar-refractivity contribution in [3.05, 3.63) is 87.1 Å². The molecule has 0 saturated heterocycles. The maximum absolute atomic E-state index is 12.7. The smallest absolute Gasteiger partial charge is 0.251 e. The summed E-state index contributed by atoms with van der Waals surface area (Å²) in [6, 6.07) is 17.1. The number of halogens is 1. The van der Waals surface area contributed by atoms with Gasteiger partial charge in [-0.1, -0.05) is 41.9 Å². The van der Waals surface area contributed by atoms with Crippen LogP contribution in [-0.2, 0) is 16.6 Å². The lowest BCUT2D eigenvalue weighted by molar-refractivity contribution is 0.0941. The number of benzene rings is 2. The van der Waals surface area contributed by atoms with E-state index in [9.17, 15) is 13.2 Å². The molecule has 3 rings (SSSR count). The number of rotatable bonds is 9. The van der Waals surface area contributed by atoms with Crippen LogP contribution < -0.4 is 10.0 Å². The fourth-order valence-corrected chi connectivity index (χ4v) is 5.12. The van der Waals surface area contributed by atoms with Crippen LogP contribution in [0.4, 0.5) is 0 Å². The van der Waals surface area contributed by atoms with Crippen molar-refractivity contribution in [3.63, 3.8) is 0 Å². The van der Waals surface area contributed by atoms with E-state index in [0.29, 0.717) is 11.6 Å². The topological polar surface area (TPSA) is 78.5 Å². The number of thiophene rings is 1. The van der Waals surface area contributed by atoms with E-state index in [-0.39, 0.29) is 29.0 Å². The van der Waals surface area contributed by atoms with Crippen molar-refractivity contribution < 1.29 is 13.2 Å². The van der Waals surface area contributed by atoms with E-state index < -0.39 is 10.0 Å². The summed E-state index contributed by atoms with van der Waals surface area (Å²) in [6.07, 6.45) is 0. The van der Waals surface area contributed by atoms with Crippen molar-refractivity contribution >= 4 is 38.9 Å². The average molecular weight is 478 g/mol. The van der Waals surface area contributed by atoms with Gasteiger partial charge >= 0.3 is 0 Å². The number of amides is 1. The maximum atomic E-state index is 12.7. The minimum Gasteiger partial charge on any atom is -0.350 e. The van der Waals surface area contributed by atoms with E-state index in [1.165, 1.54) is 23.5 Å². The zero-order valence-corrected chi connectivity index (χ0v) is 19.6. The molecule has 1 unspecified atom stereocenters. The number of nitrogens with one attached hydrogen (secondary N) is 2. The van der Waals surface area contributed by atoms with Crippen molar-refractivity contribution in [2.45, 2.75) is 17.5 Å². The molecule has 1 aromatic heterocycles. The molecule has 0 aliphatic carbocycles. The van der Waals surface area contributed by atoms with Gasteiger partial charge < -0.3 is 10.2 Å². The number of hydrogen-bond acceptors (Lipinski definition) is 5. The highest BCUT2D eigenvalue weighted by molar-refractivity contribution is 7.89. The van der Waals surface area contributed by atoms with Gasteiger partial charge in [0.1, 0.15) is 0 Å². The fourth-order valence-electron chi connectivity index (χ4n) is 3.07. The van der Waals surface area contributed by atoms with E-state index in [4.69, 9.17) is 11.6 Å². The fraction of sp³-hybridized carbons (Fsp3) is 0.227. The van der Waals surface area contributed by atoms with E-state index in [1.54, 1.807) is 12.1 Å². The molecular formula is C22H24ClN3O3S2. The second-order valence-electron chi connectivity index (χ2n) is 7.14. The molecule has 3 aromatic rings. The molecule has 6 nitrogen and oxygen atoms in total. The van der Waals surface area contributed by atoms with Crippen LogP contribution in [0.5, 0.6) is 0 Å². The molecule has 1 amide bonds. The SMILES string of the molecule is CN(C)C(CNC(=O)c1cccc(S(=O)(=O)NCc2cccs2)c1)c1ccccc1Cl. The van der Waals surface area contributed by atoms with Gasteiger partial charge in [0.05, 0.1) is 10.9 Å². The van der Waals surface area contributed by atoms with Crippen LogP contribution >= 0.6 is 22.9 Å². The van der Waals surface area contributed by atoms with Crippen LogP contribution in [0, 0.1) is 0 Å². The Kier molecular flexibility index (Phi) is 7.85. The molecule has 1 atom stereocenters. The zero-order valence-electron chi connectivity index (χ0n) is 17.2. The summed E-state index contributed by atoms with van der Waals surface area (Å²) in [5.74, 6) is -0.353. The zero-order chi connectivity index (χ0) is 22.4. The van der Waals surface area contributed by atoms with E-state index in [2.05, 4.69) is 10.0 Å². The highest BCUT2D eigenvalue weighted by Gasteiger charge is 2.20. The molecule has 31 heavy (non-hydrogen) atoms. The predicted molar refractivity (Wildman–Crippen MR) is 125 cm³/mol. The normalized spacial score (nSPS) is 12.6. The van der Waals surface area contributed by atoms with Gasteiger partial charge in [-0.05, 0) is 55.4 Å². The van der Waals surface area contributed by atoms with Crippen LogP contribution in [0.25, 0.3) is 0 Å². The van der Waals surface area contributed by atoms with Gasteiger partial charge in [0, 0.05) is 28.6 Å². The lowest BCUT2D eigenvalue weighted by Gasteiger charge is -2.26. The summed E-state index contributed by atoms with van der Waals surface area (Å²) in [5, 5.41) is 5.40. The van der Waals surface area contributed by atoms with Crippen LogP contribution in [0.2, 0.25) is 5.02 Å². The Morgan fingerprint density at radius 2 is 1.87 bits per heavy atom. The van der Waals surface area contributed by atoms with Crippen molar-refractivity contribution in [2.75, 3.05) is 20.6 Å². The Bertz CT molecular complexity index is 1130. The molecule has 1 heterocycles. The minimum atomic E-state index is -3.73. The Morgan fingerprint density at radius 1 is 1.10 bits per heavy atom. The van der Waals surface area contributed by atoms with Crippen LogP contribution in [0.15, 0.2) is 70.9 Å². The number of hydrogen-bond donors (Lipinski definition) is 2. The molecule has 0 radical (unpaired) electrons. The van der Waals surface area contributed by atoms with Gasteiger partial charge in [0.25, 0.3) is 5.91 Å². The van der Waals surface area contributed by atoms with Crippen LogP contribution in [-0.4, -0.2) is 39.9 Å². The first-order chi connectivity index (χ1) is 14.8. The molecule has 2 N–H and O–H groups in total. The molecule has 0 aliphatic heterocycles. The van der Waals surface area contributed by atoms with Gasteiger partial charge in [0.15, 0.2) is 0 Å². The van der Waals surface area contributed by atoms with Crippen molar-refractivity contribution in [1.82, 2.24) is 14.9 Å². The minimum absolute atomic E-state index is 0.0481. The lowest BCUT2D eigenvalue weighted by atomic mass is 10.1. The summed E-state index contributed by atoms with van der Waals surface area (Å²) in [6.45, 7) is 0.530. The molecule has 0 aliphatic rings. The summed E-state index contributed by atoms with van der Waals surface area (Å²) < 4.78 is 27.8. The number of nitrogens with zero attached hydrogens (tertiary/aromatic N) is 1. The second kappa shape index (κ2) is 10.4. The average Bonchev–Trinajstić information content (AvgIpc) is 3.27. The predicted octanol–water partition coefficient (Wildman–Crippen LogP) is 3.91. The van der Waals surface area contributed by atoms with E-state index in [0.717, 1.165) is 10.4 Å². The first-order valence-corrected chi connectivity index (χ1v) is 12.3.